The predicted octanol–water partition coefficient (Wildman–Crippen LogP) is 3.59. The minimum atomic E-state index is -0.0120. The fourth-order valence-electron chi connectivity index (χ4n) is 2.63. The minimum Gasteiger partial charge on any atom is -0.379 e. The molecule has 0 amide bonds. The van der Waals surface area contributed by atoms with Gasteiger partial charge in [-0.3, -0.25) is 0 Å². The van der Waals surface area contributed by atoms with Crippen molar-refractivity contribution in [3.63, 3.8) is 0 Å². The Balaban J connectivity index is 1.96. The average molecular weight is 347 g/mol. The molecule has 0 radical (unpaired) electrons. The van der Waals surface area contributed by atoms with Crippen molar-refractivity contribution < 1.29 is 23.7 Å². The first kappa shape index (κ1) is 21.8. The first-order chi connectivity index (χ1) is 11.9. The molecule has 0 N–H and O–H groups in total. The molecule has 1 aliphatic heterocycles. The van der Waals surface area contributed by atoms with Gasteiger partial charge in [0.05, 0.1) is 52.9 Å². The molecule has 0 bridgehead atoms. The van der Waals surface area contributed by atoms with Crippen LogP contribution in [0.3, 0.4) is 0 Å². The molecule has 0 aromatic rings. The Hall–Kier alpha value is -0.200. The predicted molar refractivity (Wildman–Crippen MR) is 95.6 cm³/mol. The smallest absolute Gasteiger partial charge is 0.104 e. The summed E-state index contributed by atoms with van der Waals surface area (Å²) < 4.78 is 28.0. The van der Waals surface area contributed by atoms with Crippen LogP contribution in [-0.4, -0.2) is 65.6 Å². The highest BCUT2D eigenvalue weighted by Crippen LogP contribution is 2.08. The van der Waals surface area contributed by atoms with Crippen LogP contribution in [-0.2, 0) is 23.7 Å². The Labute approximate surface area is 148 Å². The van der Waals surface area contributed by atoms with Crippen LogP contribution in [0.5, 0.6) is 0 Å². The summed E-state index contributed by atoms with van der Waals surface area (Å²) in [6.07, 6.45) is 10.5. The van der Waals surface area contributed by atoms with Crippen LogP contribution in [0.25, 0.3) is 0 Å². The summed E-state index contributed by atoms with van der Waals surface area (Å²) in [4.78, 5) is 0. The SMILES string of the molecule is CCCCCCCCCCOCC1COCCOCCOCCO1. The lowest BCUT2D eigenvalue weighted by Crippen LogP contribution is -2.29. The van der Waals surface area contributed by atoms with Gasteiger partial charge in [-0.15, -0.1) is 0 Å². The van der Waals surface area contributed by atoms with Crippen LogP contribution in [0.2, 0.25) is 0 Å². The van der Waals surface area contributed by atoms with Crippen molar-refractivity contribution in [2.45, 2.75) is 64.4 Å². The molecule has 1 aliphatic rings. The van der Waals surface area contributed by atoms with E-state index in [0.717, 1.165) is 13.0 Å². The van der Waals surface area contributed by atoms with Crippen molar-refractivity contribution in [1.82, 2.24) is 0 Å². The Morgan fingerprint density at radius 2 is 1.29 bits per heavy atom. The van der Waals surface area contributed by atoms with Crippen molar-refractivity contribution in [3.8, 4) is 0 Å². The second kappa shape index (κ2) is 17.6. The van der Waals surface area contributed by atoms with Crippen LogP contribution in [0.4, 0.5) is 0 Å². The number of hydrogen-bond acceptors (Lipinski definition) is 5. The van der Waals surface area contributed by atoms with E-state index in [1.165, 1.54) is 44.9 Å². The van der Waals surface area contributed by atoms with Crippen LogP contribution in [0.1, 0.15) is 58.3 Å². The zero-order valence-electron chi connectivity index (χ0n) is 15.6. The number of ether oxygens (including phenoxy) is 5. The molecule has 0 saturated carbocycles. The summed E-state index contributed by atoms with van der Waals surface area (Å²) in [5.41, 5.74) is 0. The maximum atomic E-state index is 5.78. The molecule has 1 saturated heterocycles. The van der Waals surface area contributed by atoms with Crippen LogP contribution in [0.15, 0.2) is 0 Å². The van der Waals surface area contributed by atoms with E-state index in [0.29, 0.717) is 52.9 Å². The van der Waals surface area contributed by atoms with Crippen molar-refractivity contribution in [2.24, 2.45) is 0 Å². The van der Waals surface area contributed by atoms with Gasteiger partial charge in [0.15, 0.2) is 0 Å². The van der Waals surface area contributed by atoms with E-state index in [2.05, 4.69) is 6.92 Å². The fraction of sp³-hybridized carbons (Fsp3) is 1.00. The van der Waals surface area contributed by atoms with E-state index in [9.17, 15) is 0 Å². The standard InChI is InChI=1S/C19H38O5/c1-2-3-4-5-6-7-8-9-10-22-17-19-18-23-14-13-20-11-12-21-15-16-24-19/h19H,2-18H2,1H3. The number of rotatable bonds is 11. The van der Waals surface area contributed by atoms with E-state index < -0.39 is 0 Å². The molecule has 0 aromatic heterocycles. The highest BCUT2D eigenvalue weighted by atomic mass is 16.6. The van der Waals surface area contributed by atoms with Gasteiger partial charge in [-0.05, 0) is 6.42 Å². The molecule has 1 fully saturated rings. The van der Waals surface area contributed by atoms with E-state index >= 15 is 0 Å². The average Bonchev–Trinajstić information content (AvgIpc) is 2.58. The Kier molecular flexibility index (Phi) is 16.0. The van der Waals surface area contributed by atoms with E-state index in [1.54, 1.807) is 0 Å². The zero-order chi connectivity index (χ0) is 17.1. The quantitative estimate of drug-likeness (QED) is 0.535. The van der Waals surface area contributed by atoms with Gasteiger partial charge in [-0.2, -0.15) is 0 Å². The third kappa shape index (κ3) is 14.2. The van der Waals surface area contributed by atoms with Crippen LogP contribution >= 0.6 is 0 Å². The number of unbranched alkanes of at least 4 members (excludes halogenated alkanes) is 7. The second-order valence-electron chi connectivity index (χ2n) is 6.34. The lowest BCUT2D eigenvalue weighted by Gasteiger charge is -2.19. The molecule has 24 heavy (non-hydrogen) atoms. The second-order valence-corrected chi connectivity index (χ2v) is 6.34. The molecule has 0 spiro atoms. The van der Waals surface area contributed by atoms with Gasteiger partial charge in [-0.1, -0.05) is 51.9 Å². The molecule has 0 aliphatic carbocycles. The molecular formula is C19H38O5. The minimum absolute atomic E-state index is 0.0120. The summed E-state index contributed by atoms with van der Waals surface area (Å²) in [5, 5.41) is 0. The largest absolute Gasteiger partial charge is 0.379 e. The highest BCUT2D eigenvalue weighted by molar-refractivity contribution is 4.56. The summed E-state index contributed by atoms with van der Waals surface area (Å²) in [6.45, 7) is 7.83. The monoisotopic (exact) mass is 346 g/mol. The Morgan fingerprint density at radius 1 is 0.708 bits per heavy atom. The van der Waals surface area contributed by atoms with Gasteiger partial charge in [0, 0.05) is 6.61 Å². The molecular weight excluding hydrogens is 308 g/mol. The van der Waals surface area contributed by atoms with Gasteiger partial charge in [0.1, 0.15) is 6.10 Å². The van der Waals surface area contributed by atoms with Crippen LogP contribution in [0, 0.1) is 0 Å². The summed E-state index contributed by atoms with van der Waals surface area (Å²) in [6, 6.07) is 0. The highest BCUT2D eigenvalue weighted by Gasteiger charge is 2.10. The normalized spacial score (nSPS) is 21.1. The van der Waals surface area contributed by atoms with Crippen molar-refractivity contribution in [2.75, 3.05) is 59.5 Å². The van der Waals surface area contributed by atoms with Gasteiger partial charge >= 0.3 is 0 Å². The van der Waals surface area contributed by atoms with E-state index in [-0.39, 0.29) is 6.10 Å². The zero-order valence-corrected chi connectivity index (χ0v) is 15.6. The first-order valence-corrected chi connectivity index (χ1v) is 9.86. The molecule has 5 nitrogen and oxygen atoms in total. The summed E-state index contributed by atoms with van der Waals surface area (Å²) >= 11 is 0. The maximum Gasteiger partial charge on any atom is 0.104 e. The maximum absolute atomic E-state index is 5.78. The molecule has 1 heterocycles. The third-order valence-corrected chi connectivity index (χ3v) is 4.07. The molecule has 1 atom stereocenters. The lowest BCUT2D eigenvalue weighted by molar-refractivity contribution is -0.0903. The van der Waals surface area contributed by atoms with Crippen molar-refractivity contribution >= 4 is 0 Å². The summed E-state index contributed by atoms with van der Waals surface area (Å²) in [7, 11) is 0. The lowest BCUT2D eigenvalue weighted by atomic mass is 10.1. The van der Waals surface area contributed by atoms with Gasteiger partial charge in [-0.25, -0.2) is 0 Å². The van der Waals surface area contributed by atoms with Gasteiger partial charge in [0.25, 0.3) is 0 Å². The molecule has 1 unspecified atom stereocenters. The van der Waals surface area contributed by atoms with Gasteiger partial charge in [0.2, 0.25) is 0 Å². The van der Waals surface area contributed by atoms with Crippen LogP contribution < -0.4 is 0 Å². The van der Waals surface area contributed by atoms with E-state index in [1.807, 2.05) is 0 Å². The van der Waals surface area contributed by atoms with Crippen molar-refractivity contribution in [1.29, 1.82) is 0 Å². The van der Waals surface area contributed by atoms with Gasteiger partial charge < -0.3 is 23.7 Å². The molecule has 0 aromatic carbocycles. The topological polar surface area (TPSA) is 46.2 Å². The first-order valence-electron chi connectivity index (χ1n) is 9.86. The van der Waals surface area contributed by atoms with Crippen molar-refractivity contribution in [3.05, 3.63) is 0 Å². The fourth-order valence-corrected chi connectivity index (χ4v) is 2.63. The molecule has 1 rings (SSSR count). The Bertz CT molecular complexity index is 238. The summed E-state index contributed by atoms with van der Waals surface area (Å²) in [5.74, 6) is 0. The Morgan fingerprint density at radius 3 is 2.00 bits per heavy atom. The third-order valence-electron chi connectivity index (χ3n) is 4.07. The molecule has 5 heteroatoms. The molecule has 144 valence electrons. The van der Waals surface area contributed by atoms with E-state index in [4.69, 9.17) is 23.7 Å². The number of hydrogen-bond donors (Lipinski definition) is 0.